The minimum Gasteiger partial charge on any atom is -0.464 e. The lowest BCUT2D eigenvalue weighted by molar-refractivity contribution is -0.346. The Hall–Kier alpha value is -5.52. The summed E-state index contributed by atoms with van der Waals surface area (Å²) in [7, 11) is 2.64. The Bertz CT molecular complexity index is 2640. The van der Waals surface area contributed by atoms with E-state index in [1.54, 1.807) is 92.7 Å². The highest BCUT2D eigenvalue weighted by Crippen LogP contribution is 2.64. The summed E-state index contributed by atoms with van der Waals surface area (Å²) in [5.74, 6) is -6.65. The summed E-state index contributed by atoms with van der Waals surface area (Å²) in [6.07, 6.45) is -13.7. The number of ether oxygens (including phenoxy) is 8. The summed E-state index contributed by atoms with van der Waals surface area (Å²) in [5.41, 5.74) is -7.35. The highest BCUT2D eigenvalue weighted by atomic mass is 35.5. The number of nitrogens with one attached hydrogen (secondary N) is 1. The van der Waals surface area contributed by atoms with Crippen LogP contribution in [0.3, 0.4) is 0 Å². The molecule has 2 saturated carbocycles. The van der Waals surface area contributed by atoms with Gasteiger partial charge in [0.1, 0.15) is 49.2 Å². The molecule has 0 aromatic heterocycles. The fourth-order valence-corrected chi connectivity index (χ4v) is 12.8. The van der Waals surface area contributed by atoms with Crippen molar-refractivity contribution < 1.29 is 86.8 Å². The number of aliphatic hydroxyl groups is 3. The first-order chi connectivity index (χ1) is 36.1. The number of alkyl halides is 1. The Labute approximate surface area is 452 Å². The SMILES string of the molecule is CC(=O)O[C@H]1C(=O)[C@@]2(C)C([C@H](OC(=O)c3ccccc3)[C@]3(O)C[C@H](OC(=O)[C@H](OC(=O)OCCSSCCOC(=O)CCl)[C@@H](NC(O)c4ccccc4)c4ccccc4)C(C)=C1C3(C)C)[C@]1(OC(C)=O)CO[C@@H]1C[C@@H]2O. The number of aliphatic hydroxyl groups excluding tert-OH is 2. The molecular formula is C54H62ClNO18S2. The summed E-state index contributed by atoms with van der Waals surface area (Å²) < 4.78 is 47.1. The first-order valence-corrected chi connectivity index (χ1v) is 27.6. The zero-order chi connectivity index (χ0) is 55.2. The molecule has 4 aliphatic rings. The normalized spacial score (nSPS) is 28.5. The Kier molecular flexibility index (Phi) is 18.7. The molecule has 19 nitrogen and oxygen atoms in total. The van der Waals surface area contributed by atoms with Gasteiger partial charge in [0.15, 0.2) is 17.5 Å². The molecule has 76 heavy (non-hydrogen) atoms. The zero-order valence-corrected chi connectivity index (χ0v) is 45.1. The van der Waals surface area contributed by atoms with Crippen molar-refractivity contribution in [3.63, 3.8) is 0 Å². The van der Waals surface area contributed by atoms with Crippen molar-refractivity contribution in [3.8, 4) is 0 Å². The molecule has 4 N–H and O–H groups in total. The van der Waals surface area contributed by atoms with Gasteiger partial charge in [-0.15, -0.1) is 11.6 Å². The van der Waals surface area contributed by atoms with Crippen molar-refractivity contribution in [3.05, 3.63) is 119 Å². The van der Waals surface area contributed by atoms with Crippen molar-refractivity contribution >= 4 is 75.0 Å². The van der Waals surface area contributed by atoms with E-state index in [1.165, 1.54) is 47.6 Å². The minimum atomic E-state index is -2.48. The van der Waals surface area contributed by atoms with Crippen LogP contribution in [0.2, 0.25) is 0 Å². The van der Waals surface area contributed by atoms with E-state index in [0.29, 0.717) is 16.9 Å². The molecular weight excluding hydrogens is 1050 g/mol. The second-order valence-corrected chi connectivity index (χ2v) is 22.7. The molecule has 3 aromatic rings. The third-order valence-electron chi connectivity index (χ3n) is 14.8. The van der Waals surface area contributed by atoms with Crippen LogP contribution in [0, 0.1) is 16.7 Å². The van der Waals surface area contributed by atoms with Crippen LogP contribution in [0.5, 0.6) is 0 Å². The van der Waals surface area contributed by atoms with Crippen LogP contribution < -0.4 is 5.32 Å². The number of carbonyl (C=O) groups excluding carboxylic acids is 7. The number of hydrogen-bond acceptors (Lipinski definition) is 21. The lowest BCUT2D eigenvalue weighted by Gasteiger charge is -2.67. The molecule has 0 radical (unpaired) electrons. The fraction of sp³-hybridized carbons (Fsp3) is 0.500. The quantitative estimate of drug-likeness (QED) is 0.0195. The molecule has 410 valence electrons. The average molecular weight is 1110 g/mol. The number of hydrogen-bond donors (Lipinski definition) is 4. The second kappa shape index (κ2) is 24.4. The molecule has 2 bridgehead atoms. The molecule has 3 aromatic carbocycles. The Morgan fingerprint density at radius 2 is 1.42 bits per heavy atom. The van der Waals surface area contributed by atoms with Gasteiger partial charge in [0, 0.05) is 43.6 Å². The Morgan fingerprint density at radius 1 is 0.829 bits per heavy atom. The number of rotatable bonds is 20. The zero-order valence-electron chi connectivity index (χ0n) is 42.7. The summed E-state index contributed by atoms with van der Waals surface area (Å²) in [5, 5.41) is 40.8. The van der Waals surface area contributed by atoms with Gasteiger partial charge in [-0.05, 0) is 48.3 Å². The van der Waals surface area contributed by atoms with Crippen LogP contribution in [-0.4, -0.2) is 142 Å². The van der Waals surface area contributed by atoms with Gasteiger partial charge < -0.3 is 53.2 Å². The predicted molar refractivity (Wildman–Crippen MR) is 275 cm³/mol. The third kappa shape index (κ3) is 11.8. The highest BCUT2D eigenvalue weighted by molar-refractivity contribution is 8.76. The molecule has 22 heteroatoms. The van der Waals surface area contributed by atoms with Crippen molar-refractivity contribution in [2.24, 2.45) is 16.7 Å². The number of benzene rings is 3. The van der Waals surface area contributed by atoms with Gasteiger partial charge in [-0.25, -0.2) is 14.4 Å². The maximum Gasteiger partial charge on any atom is 0.509 e. The van der Waals surface area contributed by atoms with Crippen LogP contribution in [0.4, 0.5) is 4.79 Å². The van der Waals surface area contributed by atoms with Crippen LogP contribution in [-0.2, 0) is 61.9 Å². The Morgan fingerprint density at radius 3 is 1.99 bits per heavy atom. The third-order valence-corrected chi connectivity index (χ3v) is 17.4. The van der Waals surface area contributed by atoms with E-state index < -0.39 is 125 Å². The van der Waals surface area contributed by atoms with Gasteiger partial charge >= 0.3 is 36.0 Å². The smallest absolute Gasteiger partial charge is 0.464 e. The van der Waals surface area contributed by atoms with Gasteiger partial charge in [0.2, 0.25) is 6.10 Å². The maximum atomic E-state index is 15.8. The number of fused-ring (bicyclic) bond motifs is 5. The molecule has 0 amide bonds. The van der Waals surface area contributed by atoms with E-state index in [-0.39, 0.29) is 54.6 Å². The van der Waals surface area contributed by atoms with Gasteiger partial charge in [-0.3, -0.25) is 24.5 Å². The van der Waals surface area contributed by atoms with Gasteiger partial charge in [-0.2, -0.15) is 0 Å². The van der Waals surface area contributed by atoms with Gasteiger partial charge in [0.25, 0.3) is 0 Å². The summed E-state index contributed by atoms with van der Waals surface area (Å²) in [4.78, 5) is 97.1. The monoisotopic (exact) mass is 1110 g/mol. The fourth-order valence-electron chi connectivity index (χ4n) is 11.0. The van der Waals surface area contributed by atoms with Gasteiger partial charge in [0.05, 0.1) is 35.6 Å². The van der Waals surface area contributed by atoms with E-state index >= 15 is 9.59 Å². The number of halogens is 1. The first kappa shape index (κ1) is 58.2. The number of esters is 5. The molecule has 12 atom stereocenters. The number of Topliss-reactive ketones (excluding diaryl/α,β-unsaturated/α-hetero) is 1. The average Bonchev–Trinajstić information content (AvgIpc) is 3.59. The van der Waals surface area contributed by atoms with E-state index in [2.05, 4.69) is 5.32 Å². The largest absolute Gasteiger partial charge is 0.509 e. The van der Waals surface area contributed by atoms with Crippen LogP contribution >= 0.6 is 33.2 Å². The van der Waals surface area contributed by atoms with Crippen LogP contribution in [0.15, 0.2) is 102 Å². The lowest BCUT2D eigenvalue weighted by Crippen LogP contribution is -2.82. The molecule has 1 saturated heterocycles. The molecule has 3 aliphatic carbocycles. The summed E-state index contributed by atoms with van der Waals surface area (Å²) >= 11 is 5.48. The minimum absolute atomic E-state index is 0.0357. The van der Waals surface area contributed by atoms with Crippen molar-refractivity contribution in [2.75, 3.05) is 37.2 Å². The summed E-state index contributed by atoms with van der Waals surface area (Å²) in [6.45, 7) is 7.74. The van der Waals surface area contributed by atoms with E-state index in [1.807, 2.05) is 0 Å². The van der Waals surface area contributed by atoms with Crippen molar-refractivity contribution in [2.45, 2.75) is 114 Å². The topological polar surface area (TPSA) is 266 Å². The lowest BCUT2D eigenvalue weighted by atomic mass is 9.44. The number of ketones is 1. The van der Waals surface area contributed by atoms with Crippen molar-refractivity contribution in [1.29, 1.82) is 0 Å². The van der Waals surface area contributed by atoms with E-state index in [0.717, 1.165) is 13.8 Å². The molecule has 2 unspecified atom stereocenters. The molecule has 7 rings (SSSR count). The second-order valence-electron chi connectivity index (χ2n) is 19.7. The first-order valence-electron chi connectivity index (χ1n) is 24.5. The number of carbonyl (C=O) groups is 7. The summed E-state index contributed by atoms with van der Waals surface area (Å²) in [6, 6.07) is 23.0. The molecule has 0 spiro atoms. The standard InChI is InChI=1S/C54H62ClNO18S2/c1-30-36(71-49(64)43(72-50(65)68-23-25-76-75-24-22-67-39(60)28-55)41(33-16-10-7-11-17-33)56-47(62)34-18-12-8-13-19-34)27-54(66)46(73-48(63)35-20-14-9-15-21-35)44-52(6,37(59)26-38-53(44,29-69-38)74-32(3)58)45(61)42(70-31(2)57)40(30)51(54,4)5/h7-21,36-38,41-44,46-47,56,59,62,66H,22-29H2,1-6H3/t36-,37-,38+,41-,42+,43+,44?,46-,47?,52+,53-,54+/m0/s1. The van der Waals surface area contributed by atoms with Crippen LogP contribution in [0.1, 0.15) is 88.1 Å². The maximum absolute atomic E-state index is 15.8. The molecule has 1 aliphatic heterocycles. The van der Waals surface area contributed by atoms with E-state index in [9.17, 15) is 39.3 Å². The molecule has 1 heterocycles. The van der Waals surface area contributed by atoms with E-state index in [4.69, 9.17) is 49.5 Å². The predicted octanol–water partition coefficient (Wildman–Crippen LogP) is 5.91. The molecule has 3 fully saturated rings. The van der Waals surface area contributed by atoms with Gasteiger partial charge in [-0.1, -0.05) is 114 Å². The van der Waals surface area contributed by atoms with Crippen LogP contribution in [0.25, 0.3) is 0 Å². The highest BCUT2D eigenvalue weighted by Gasteiger charge is 2.78. The van der Waals surface area contributed by atoms with Crippen molar-refractivity contribution in [1.82, 2.24) is 5.32 Å². The Balaban J connectivity index is 1.33.